The molecule has 0 aromatic carbocycles. The molecule has 1 saturated heterocycles. The van der Waals surface area contributed by atoms with Gasteiger partial charge in [-0.25, -0.2) is 4.98 Å². The van der Waals surface area contributed by atoms with Gasteiger partial charge in [-0.2, -0.15) is 0 Å². The van der Waals surface area contributed by atoms with E-state index in [-0.39, 0.29) is 28.9 Å². The maximum atomic E-state index is 13.4. The molecule has 28 heavy (non-hydrogen) atoms. The van der Waals surface area contributed by atoms with Crippen LogP contribution >= 0.6 is 23.1 Å². The number of amides is 1. The Morgan fingerprint density at radius 2 is 2.18 bits per heavy atom. The molecule has 4 rings (SSSR count). The zero-order valence-corrected chi connectivity index (χ0v) is 18.3. The van der Waals surface area contributed by atoms with E-state index in [1.807, 2.05) is 20.8 Å². The number of thioether (sulfide) groups is 1. The molecule has 3 heterocycles. The number of thiophene rings is 1. The van der Waals surface area contributed by atoms with Crippen LogP contribution in [0.25, 0.3) is 10.2 Å². The molecule has 1 fully saturated rings. The second-order valence-corrected chi connectivity index (χ2v) is 10.3. The van der Waals surface area contributed by atoms with Crippen molar-refractivity contribution in [1.82, 2.24) is 14.9 Å². The molecule has 6 nitrogen and oxygen atoms in total. The number of rotatable bonds is 6. The highest BCUT2D eigenvalue weighted by Gasteiger charge is 2.27. The van der Waals surface area contributed by atoms with Crippen LogP contribution in [0.5, 0.6) is 0 Å². The SMILES string of the molecule is CC(C)NC(=O)[C@@H](C)Sc1nc2sc3c(c2c(=O)n1C[C@H]1CCCO1)CCC3. The van der Waals surface area contributed by atoms with Gasteiger partial charge in [0.05, 0.1) is 23.3 Å². The van der Waals surface area contributed by atoms with Crippen molar-refractivity contribution in [2.45, 2.75) is 82.0 Å². The summed E-state index contributed by atoms with van der Waals surface area (Å²) in [4.78, 5) is 32.8. The van der Waals surface area contributed by atoms with Gasteiger partial charge in [0, 0.05) is 17.5 Å². The molecule has 1 aliphatic heterocycles. The van der Waals surface area contributed by atoms with Crippen LogP contribution in [0.2, 0.25) is 0 Å². The Morgan fingerprint density at radius 1 is 1.36 bits per heavy atom. The van der Waals surface area contributed by atoms with Crippen molar-refractivity contribution in [3.8, 4) is 0 Å². The van der Waals surface area contributed by atoms with Gasteiger partial charge in [0.25, 0.3) is 5.56 Å². The number of hydrogen-bond donors (Lipinski definition) is 1. The third-order valence-electron chi connectivity index (χ3n) is 5.28. The van der Waals surface area contributed by atoms with E-state index in [1.54, 1.807) is 15.9 Å². The summed E-state index contributed by atoms with van der Waals surface area (Å²) in [6, 6.07) is 0.0836. The zero-order valence-electron chi connectivity index (χ0n) is 16.6. The van der Waals surface area contributed by atoms with Gasteiger partial charge < -0.3 is 10.1 Å². The Labute approximate surface area is 173 Å². The van der Waals surface area contributed by atoms with E-state index < -0.39 is 0 Å². The third kappa shape index (κ3) is 3.86. The standard InChI is InChI=1S/C20H27N3O3S2/c1-11(2)21-17(24)12(3)27-20-22-18-16(14-7-4-8-15(14)28-18)19(25)23(20)10-13-6-5-9-26-13/h11-13H,4-10H2,1-3H3,(H,21,24)/t12-,13-/m1/s1. The van der Waals surface area contributed by atoms with E-state index in [9.17, 15) is 9.59 Å². The van der Waals surface area contributed by atoms with Gasteiger partial charge in [0.1, 0.15) is 4.83 Å². The number of aromatic nitrogens is 2. The topological polar surface area (TPSA) is 73.2 Å². The summed E-state index contributed by atoms with van der Waals surface area (Å²) in [5.41, 5.74) is 1.22. The molecule has 152 valence electrons. The smallest absolute Gasteiger partial charge is 0.263 e. The summed E-state index contributed by atoms with van der Waals surface area (Å²) >= 11 is 3.01. The minimum absolute atomic E-state index is 0.0267. The van der Waals surface area contributed by atoms with E-state index in [4.69, 9.17) is 9.72 Å². The van der Waals surface area contributed by atoms with Crippen molar-refractivity contribution < 1.29 is 9.53 Å². The van der Waals surface area contributed by atoms with Crippen LogP contribution in [0.4, 0.5) is 0 Å². The lowest BCUT2D eigenvalue weighted by Crippen LogP contribution is -2.36. The van der Waals surface area contributed by atoms with Crippen LogP contribution in [0.15, 0.2) is 9.95 Å². The molecule has 2 aliphatic rings. The van der Waals surface area contributed by atoms with Gasteiger partial charge in [-0.15, -0.1) is 11.3 Å². The Hall–Kier alpha value is -1.38. The van der Waals surface area contributed by atoms with Gasteiger partial charge >= 0.3 is 0 Å². The summed E-state index contributed by atoms with van der Waals surface area (Å²) in [6.45, 7) is 7.01. The Bertz CT molecular complexity index is 944. The summed E-state index contributed by atoms with van der Waals surface area (Å²) in [5.74, 6) is -0.0355. The van der Waals surface area contributed by atoms with Crippen LogP contribution in [-0.2, 0) is 28.9 Å². The fraction of sp³-hybridized carbons (Fsp3) is 0.650. The lowest BCUT2D eigenvalue weighted by molar-refractivity contribution is -0.120. The van der Waals surface area contributed by atoms with Crippen LogP contribution in [0.1, 0.15) is 50.5 Å². The number of hydrogen-bond acceptors (Lipinski definition) is 6. The highest BCUT2D eigenvalue weighted by molar-refractivity contribution is 8.00. The largest absolute Gasteiger partial charge is 0.376 e. The molecular weight excluding hydrogens is 394 g/mol. The lowest BCUT2D eigenvalue weighted by Gasteiger charge is -2.18. The van der Waals surface area contributed by atoms with E-state index in [1.165, 1.54) is 22.2 Å². The molecule has 0 unspecified atom stereocenters. The summed E-state index contributed by atoms with van der Waals surface area (Å²) in [5, 5.41) is 4.03. The highest BCUT2D eigenvalue weighted by atomic mass is 32.2. The van der Waals surface area contributed by atoms with Crippen molar-refractivity contribution in [2.75, 3.05) is 6.61 Å². The molecule has 2 aromatic heterocycles. The van der Waals surface area contributed by atoms with E-state index in [0.717, 1.165) is 48.9 Å². The number of nitrogens with one attached hydrogen (secondary N) is 1. The first kappa shape index (κ1) is 19.9. The van der Waals surface area contributed by atoms with Crippen LogP contribution < -0.4 is 10.9 Å². The summed E-state index contributed by atoms with van der Waals surface area (Å²) in [6.07, 6.45) is 5.15. The molecule has 2 atom stereocenters. The fourth-order valence-corrected chi connectivity index (χ4v) is 6.14. The number of aryl methyl sites for hydroxylation is 2. The second-order valence-electron chi connectivity index (χ2n) is 7.91. The predicted molar refractivity (Wildman–Crippen MR) is 113 cm³/mol. The molecule has 0 bridgehead atoms. The monoisotopic (exact) mass is 421 g/mol. The summed E-state index contributed by atoms with van der Waals surface area (Å²) < 4.78 is 7.54. The number of carbonyl (C=O) groups excluding carboxylic acids is 1. The van der Waals surface area contributed by atoms with Crippen LogP contribution in [0.3, 0.4) is 0 Å². The first-order chi connectivity index (χ1) is 13.4. The fourth-order valence-electron chi connectivity index (χ4n) is 3.91. The number of nitrogens with zero attached hydrogens (tertiary/aromatic N) is 2. The second kappa shape index (κ2) is 8.16. The minimum Gasteiger partial charge on any atom is -0.376 e. The lowest BCUT2D eigenvalue weighted by atomic mass is 10.2. The zero-order chi connectivity index (χ0) is 19.8. The average molecular weight is 422 g/mol. The van der Waals surface area contributed by atoms with E-state index >= 15 is 0 Å². The van der Waals surface area contributed by atoms with Crippen molar-refractivity contribution >= 4 is 39.2 Å². The van der Waals surface area contributed by atoms with Crippen LogP contribution in [0, 0.1) is 0 Å². The van der Waals surface area contributed by atoms with Gasteiger partial charge in [-0.1, -0.05) is 11.8 Å². The molecule has 0 saturated carbocycles. The van der Waals surface area contributed by atoms with Crippen molar-refractivity contribution in [1.29, 1.82) is 0 Å². The van der Waals surface area contributed by atoms with E-state index in [0.29, 0.717) is 11.7 Å². The Kier molecular flexibility index (Phi) is 5.81. The maximum absolute atomic E-state index is 13.4. The average Bonchev–Trinajstić information content (AvgIpc) is 3.34. The Balaban J connectivity index is 1.72. The minimum atomic E-state index is -0.325. The molecule has 1 aliphatic carbocycles. The van der Waals surface area contributed by atoms with Crippen molar-refractivity contribution in [3.05, 3.63) is 20.8 Å². The van der Waals surface area contributed by atoms with Gasteiger partial charge in [0.2, 0.25) is 5.91 Å². The third-order valence-corrected chi connectivity index (χ3v) is 7.56. The van der Waals surface area contributed by atoms with Gasteiger partial charge in [-0.3, -0.25) is 14.2 Å². The molecule has 8 heteroatoms. The number of ether oxygens (including phenoxy) is 1. The van der Waals surface area contributed by atoms with Crippen molar-refractivity contribution in [2.24, 2.45) is 0 Å². The van der Waals surface area contributed by atoms with Gasteiger partial charge in [0.15, 0.2) is 5.16 Å². The molecule has 0 spiro atoms. The first-order valence-corrected chi connectivity index (χ1v) is 11.8. The van der Waals surface area contributed by atoms with Crippen molar-refractivity contribution in [3.63, 3.8) is 0 Å². The molecule has 1 N–H and O–H groups in total. The molecule has 2 aromatic rings. The molecular formula is C20H27N3O3S2. The number of carbonyl (C=O) groups is 1. The Morgan fingerprint density at radius 3 is 2.89 bits per heavy atom. The summed E-state index contributed by atoms with van der Waals surface area (Å²) in [7, 11) is 0. The van der Waals surface area contributed by atoms with Crippen LogP contribution in [-0.4, -0.2) is 39.5 Å². The van der Waals surface area contributed by atoms with Gasteiger partial charge in [-0.05, 0) is 58.4 Å². The molecule has 0 radical (unpaired) electrons. The highest BCUT2D eigenvalue weighted by Crippen LogP contribution is 2.36. The van der Waals surface area contributed by atoms with E-state index in [2.05, 4.69) is 5.32 Å². The normalized spacial score (nSPS) is 20.1. The predicted octanol–water partition coefficient (Wildman–Crippen LogP) is 3.13. The quantitative estimate of drug-likeness (QED) is 0.573. The maximum Gasteiger partial charge on any atom is 0.263 e. The first-order valence-electron chi connectivity index (χ1n) is 10.1. The number of fused-ring (bicyclic) bond motifs is 3. The molecule has 1 amide bonds.